The second kappa shape index (κ2) is 5.94. The minimum atomic E-state index is -0.629. The molecule has 0 spiro atoms. The average molecular weight is 277 g/mol. The van der Waals surface area contributed by atoms with E-state index in [1.165, 1.54) is 18.2 Å². The number of hydrogen-bond donors (Lipinski definition) is 1. The Morgan fingerprint density at radius 2 is 1.70 bits per heavy atom. The lowest BCUT2D eigenvalue weighted by molar-refractivity contribution is 0.588. The van der Waals surface area contributed by atoms with Crippen molar-refractivity contribution in [3.8, 4) is 11.3 Å². The van der Waals surface area contributed by atoms with Crippen molar-refractivity contribution < 1.29 is 8.78 Å². The van der Waals surface area contributed by atoms with Gasteiger partial charge in [-0.25, -0.2) is 8.78 Å². The lowest BCUT2D eigenvalue weighted by Crippen LogP contribution is -2.08. The van der Waals surface area contributed by atoms with E-state index in [0.29, 0.717) is 5.82 Å². The van der Waals surface area contributed by atoms with Gasteiger partial charge in [-0.3, -0.25) is 0 Å². The van der Waals surface area contributed by atoms with E-state index in [2.05, 4.69) is 15.5 Å². The Kier molecular flexibility index (Phi) is 4.27. The summed E-state index contributed by atoms with van der Waals surface area (Å²) in [6.07, 6.45) is 0.962. The van der Waals surface area contributed by atoms with Crippen molar-refractivity contribution in [2.75, 3.05) is 11.9 Å². The molecule has 0 unspecified atom stereocenters. The number of anilines is 1. The summed E-state index contributed by atoms with van der Waals surface area (Å²) in [5.74, 6) is -0.600. The normalized spacial score (nSPS) is 10.7. The molecule has 0 fully saturated rings. The van der Waals surface area contributed by atoms with Gasteiger partial charge in [-0.15, -0.1) is 10.2 Å². The third kappa shape index (κ3) is 2.61. The summed E-state index contributed by atoms with van der Waals surface area (Å²) in [5.41, 5.74) is 1.71. The van der Waals surface area contributed by atoms with Crippen molar-refractivity contribution in [1.29, 1.82) is 0 Å². The first kappa shape index (κ1) is 14.4. The minimum Gasteiger partial charge on any atom is -0.368 e. The van der Waals surface area contributed by atoms with Gasteiger partial charge in [-0.1, -0.05) is 13.0 Å². The van der Waals surface area contributed by atoms with E-state index in [4.69, 9.17) is 0 Å². The number of hydrogen-bond acceptors (Lipinski definition) is 3. The fraction of sp³-hybridized carbons (Fsp3) is 0.333. The molecule has 0 aliphatic carbocycles. The molecule has 1 aromatic carbocycles. The fourth-order valence-corrected chi connectivity index (χ4v) is 1.98. The zero-order chi connectivity index (χ0) is 14.7. The highest BCUT2D eigenvalue weighted by Gasteiger charge is 2.17. The predicted molar refractivity (Wildman–Crippen MR) is 75.6 cm³/mol. The van der Waals surface area contributed by atoms with Gasteiger partial charge >= 0.3 is 0 Å². The smallest absolute Gasteiger partial charge is 0.151 e. The first-order valence-electron chi connectivity index (χ1n) is 6.58. The summed E-state index contributed by atoms with van der Waals surface area (Å²) in [5, 5.41) is 11.2. The number of benzene rings is 1. The van der Waals surface area contributed by atoms with Crippen LogP contribution in [0.4, 0.5) is 14.6 Å². The van der Waals surface area contributed by atoms with E-state index in [0.717, 1.165) is 24.1 Å². The second-order valence-electron chi connectivity index (χ2n) is 4.67. The Morgan fingerprint density at radius 1 is 1.05 bits per heavy atom. The van der Waals surface area contributed by atoms with Gasteiger partial charge < -0.3 is 5.32 Å². The lowest BCUT2D eigenvalue weighted by atomic mass is 10.0. The van der Waals surface area contributed by atoms with E-state index in [1.54, 1.807) is 6.92 Å². The van der Waals surface area contributed by atoms with E-state index in [1.807, 2.05) is 13.8 Å². The van der Waals surface area contributed by atoms with Crippen molar-refractivity contribution >= 4 is 5.82 Å². The van der Waals surface area contributed by atoms with Crippen molar-refractivity contribution in [3.05, 3.63) is 41.0 Å². The van der Waals surface area contributed by atoms with Gasteiger partial charge in [0.25, 0.3) is 0 Å². The summed E-state index contributed by atoms with van der Waals surface area (Å²) < 4.78 is 27.7. The maximum Gasteiger partial charge on any atom is 0.151 e. The molecule has 1 N–H and O–H groups in total. The fourth-order valence-electron chi connectivity index (χ4n) is 1.98. The number of halogens is 2. The van der Waals surface area contributed by atoms with Crippen molar-refractivity contribution in [1.82, 2.24) is 10.2 Å². The highest BCUT2D eigenvalue weighted by Crippen LogP contribution is 2.29. The van der Waals surface area contributed by atoms with Gasteiger partial charge in [0.15, 0.2) is 5.82 Å². The van der Waals surface area contributed by atoms with Gasteiger partial charge in [0.2, 0.25) is 0 Å². The van der Waals surface area contributed by atoms with Crippen molar-refractivity contribution in [2.24, 2.45) is 0 Å². The third-order valence-electron chi connectivity index (χ3n) is 3.26. The molecule has 0 saturated carbocycles. The molecule has 0 bridgehead atoms. The first-order valence-corrected chi connectivity index (χ1v) is 6.58. The van der Waals surface area contributed by atoms with Gasteiger partial charge in [0.1, 0.15) is 17.3 Å². The van der Waals surface area contributed by atoms with Crippen LogP contribution in [-0.2, 0) is 0 Å². The van der Waals surface area contributed by atoms with Crippen LogP contribution in [0.5, 0.6) is 0 Å². The molecule has 1 aromatic heterocycles. The maximum absolute atomic E-state index is 13.8. The van der Waals surface area contributed by atoms with Crippen LogP contribution in [0.15, 0.2) is 18.2 Å². The van der Waals surface area contributed by atoms with Crippen molar-refractivity contribution in [2.45, 2.75) is 27.2 Å². The summed E-state index contributed by atoms with van der Waals surface area (Å²) in [6, 6.07) is 3.77. The van der Waals surface area contributed by atoms with Crippen molar-refractivity contribution in [3.63, 3.8) is 0 Å². The molecule has 0 saturated heterocycles. The first-order chi connectivity index (χ1) is 9.56. The van der Waals surface area contributed by atoms with Gasteiger partial charge in [0.05, 0.1) is 5.56 Å². The van der Waals surface area contributed by atoms with Crippen LogP contribution >= 0.6 is 0 Å². The highest BCUT2D eigenvalue weighted by atomic mass is 19.1. The Hall–Kier alpha value is -2.04. The van der Waals surface area contributed by atoms with Crippen LogP contribution in [0.2, 0.25) is 0 Å². The Morgan fingerprint density at radius 3 is 2.30 bits per heavy atom. The number of rotatable bonds is 4. The molecular formula is C15H17F2N3. The second-order valence-corrected chi connectivity index (χ2v) is 4.67. The van der Waals surface area contributed by atoms with Gasteiger partial charge in [0, 0.05) is 6.54 Å². The Bertz CT molecular complexity index is 607. The van der Waals surface area contributed by atoms with E-state index >= 15 is 0 Å². The standard InChI is InChI=1S/C15H17F2N3/c1-4-8-18-15-10(3)9(2)14(19-20-15)13-11(16)6-5-7-12(13)17/h5-7H,4,8H2,1-3H3,(H,18,20). The minimum absolute atomic E-state index is 0.123. The van der Waals surface area contributed by atoms with Gasteiger partial charge in [-0.05, 0) is 43.5 Å². The van der Waals surface area contributed by atoms with E-state index in [-0.39, 0.29) is 11.3 Å². The molecule has 20 heavy (non-hydrogen) atoms. The quantitative estimate of drug-likeness (QED) is 0.922. The topological polar surface area (TPSA) is 37.8 Å². The van der Waals surface area contributed by atoms with Crippen LogP contribution in [0.25, 0.3) is 11.3 Å². The molecule has 106 valence electrons. The molecule has 0 amide bonds. The van der Waals surface area contributed by atoms with Crippen LogP contribution in [-0.4, -0.2) is 16.7 Å². The van der Waals surface area contributed by atoms with Crippen LogP contribution < -0.4 is 5.32 Å². The predicted octanol–water partition coefficient (Wildman–Crippen LogP) is 3.86. The number of nitrogens with one attached hydrogen (secondary N) is 1. The number of nitrogens with zero attached hydrogens (tertiary/aromatic N) is 2. The molecule has 2 aromatic rings. The average Bonchev–Trinajstić information content (AvgIpc) is 2.42. The molecule has 2 rings (SSSR count). The third-order valence-corrected chi connectivity index (χ3v) is 3.26. The number of aromatic nitrogens is 2. The summed E-state index contributed by atoms with van der Waals surface area (Å²) in [7, 11) is 0. The monoisotopic (exact) mass is 277 g/mol. The summed E-state index contributed by atoms with van der Waals surface area (Å²) in [6.45, 7) is 6.49. The molecule has 0 radical (unpaired) electrons. The lowest BCUT2D eigenvalue weighted by Gasteiger charge is -2.13. The molecule has 0 aliphatic rings. The summed E-state index contributed by atoms with van der Waals surface area (Å²) >= 11 is 0. The largest absolute Gasteiger partial charge is 0.368 e. The van der Waals surface area contributed by atoms with E-state index in [9.17, 15) is 8.78 Å². The summed E-state index contributed by atoms with van der Waals surface area (Å²) in [4.78, 5) is 0. The Labute approximate surface area is 117 Å². The molecule has 5 heteroatoms. The van der Waals surface area contributed by atoms with Crippen LogP contribution in [0.3, 0.4) is 0 Å². The zero-order valence-electron chi connectivity index (χ0n) is 11.8. The highest BCUT2D eigenvalue weighted by molar-refractivity contribution is 5.67. The Balaban J connectivity index is 2.52. The zero-order valence-corrected chi connectivity index (χ0v) is 11.8. The molecule has 0 atom stereocenters. The molecule has 0 aliphatic heterocycles. The molecular weight excluding hydrogens is 260 g/mol. The van der Waals surface area contributed by atoms with Crippen LogP contribution in [0.1, 0.15) is 24.5 Å². The molecule has 1 heterocycles. The SMILES string of the molecule is CCCNc1nnc(-c2c(F)cccc2F)c(C)c1C. The van der Waals surface area contributed by atoms with E-state index < -0.39 is 11.6 Å². The van der Waals surface area contributed by atoms with Crippen LogP contribution in [0, 0.1) is 25.5 Å². The van der Waals surface area contributed by atoms with Gasteiger partial charge in [-0.2, -0.15) is 0 Å². The molecule has 3 nitrogen and oxygen atoms in total. The maximum atomic E-state index is 13.8.